The summed E-state index contributed by atoms with van der Waals surface area (Å²) in [7, 11) is 0. The minimum absolute atomic E-state index is 0.265. The van der Waals surface area contributed by atoms with Crippen LogP contribution in [0, 0.1) is 0 Å². The van der Waals surface area contributed by atoms with Crippen LogP contribution in [0.1, 0.15) is 6.42 Å². The van der Waals surface area contributed by atoms with Gasteiger partial charge in [0.2, 0.25) is 11.9 Å². The summed E-state index contributed by atoms with van der Waals surface area (Å²) in [6.45, 7) is 0.761. The highest BCUT2D eigenvalue weighted by atomic mass is 16.1. The van der Waals surface area contributed by atoms with Gasteiger partial charge in [0.1, 0.15) is 6.04 Å². The summed E-state index contributed by atoms with van der Waals surface area (Å²) in [6, 6.07) is -0.265. The molecule has 0 saturated carbocycles. The summed E-state index contributed by atoms with van der Waals surface area (Å²) < 4.78 is 0. The average molecular weight is 193 g/mol. The van der Waals surface area contributed by atoms with Crippen LogP contribution in [0.25, 0.3) is 0 Å². The number of carbonyl (C=O) groups is 1. The number of primary amides is 1. The first-order valence-electron chi connectivity index (χ1n) is 4.32. The van der Waals surface area contributed by atoms with Crippen LogP contribution in [-0.2, 0) is 4.79 Å². The third kappa shape index (κ3) is 1.34. The SMILES string of the molecule is NC(=O)C1CCN1c1ncc(N)cn1. The Bertz CT molecular complexity index is 349. The van der Waals surface area contributed by atoms with Gasteiger partial charge in [0.15, 0.2) is 0 Å². The molecule has 0 spiro atoms. The van der Waals surface area contributed by atoms with Crippen LogP contribution in [0.3, 0.4) is 0 Å². The van der Waals surface area contributed by atoms with Crippen LogP contribution in [0.15, 0.2) is 12.4 Å². The third-order valence-electron chi connectivity index (χ3n) is 2.26. The first-order valence-corrected chi connectivity index (χ1v) is 4.32. The standard InChI is InChI=1S/C8H11N5O/c9-5-3-11-8(12-4-5)13-2-1-6(13)7(10)14/h3-4,6H,1-2,9H2,(H2,10,14). The molecule has 0 aromatic carbocycles. The summed E-state index contributed by atoms with van der Waals surface area (Å²) in [5, 5.41) is 0. The van der Waals surface area contributed by atoms with E-state index in [9.17, 15) is 4.79 Å². The van der Waals surface area contributed by atoms with Gasteiger partial charge in [-0.15, -0.1) is 0 Å². The van der Waals surface area contributed by atoms with E-state index in [-0.39, 0.29) is 11.9 Å². The van der Waals surface area contributed by atoms with Gasteiger partial charge in [0, 0.05) is 6.54 Å². The number of hydrogen-bond donors (Lipinski definition) is 2. The Morgan fingerprint density at radius 3 is 2.57 bits per heavy atom. The van der Waals surface area contributed by atoms with Crippen molar-refractivity contribution in [1.82, 2.24) is 9.97 Å². The van der Waals surface area contributed by atoms with Crippen LogP contribution in [0.5, 0.6) is 0 Å². The minimum atomic E-state index is -0.336. The lowest BCUT2D eigenvalue weighted by atomic mass is 10.0. The first kappa shape index (κ1) is 8.74. The molecule has 1 aliphatic heterocycles. The number of rotatable bonds is 2. The van der Waals surface area contributed by atoms with Crippen LogP contribution in [-0.4, -0.2) is 28.5 Å². The Morgan fingerprint density at radius 2 is 2.14 bits per heavy atom. The molecule has 1 amide bonds. The maximum atomic E-state index is 10.9. The van der Waals surface area contributed by atoms with Crippen LogP contribution >= 0.6 is 0 Å². The van der Waals surface area contributed by atoms with Crippen LogP contribution in [0.4, 0.5) is 11.6 Å². The molecule has 6 heteroatoms. The van der Waals surface area contributed by atoms with E-state index in [0.717, 1.165) is 13.0 Å². The number of nitrogens with two attached hydrogens (primary N) is 2. The molecular formula is C8H11N5O. The van der Waals surface area contributed by atoms with Crippen molar-refractivity contribution in [1.29, 1.82) is 0 Å². The average Bonchev–Trinajstić information content (AvgIpc) is 2.05. The number of aromatic nitrogens is 2. The minimum Gasteiger partial charge on any atom is -0.396 e. The third-order valence-corrected chi connectivity index (χ3v) is 2.26. The summed E-state index contributed by atoms with van der Waals surface area (Å²) in [5.41, 5.74) is 11.1. The molecule has 2 heterocycles. The smallest absolute Gasteiger partial charge is 0.240 e. The zero-order chi connectivity index (χ0) is 10.1. The van der Waals surface area contributed by atoms with Crippen molar-refractivity contribution in [2.24, 2.45) is 5.73 Å². The van der Waals surface area contributed by atoms with Crippen LogP contribution < -0.4 is 16.4 Å². The maximum Gasteiger partial charge on any atom is 0.240 e. The van der Waals surface area contributed by atoms with Gasteiger partial charge in [-0.25, -0.2) is 9.97 Å². The summed E-state index contributed by atoms with van der Waals surface area (Å²) in [4.78, 5) is 20.7. The topological polar surface area (TPSA) is 98.1 Å². The fraction of sp³-hybridized carbons (Fsp3) is 0.375. The number of nitrogen functional groups attached to an aromatic ring is 1. The quantitative estimate of drug-likeness (QED) is 0.635. The number of carbonyl (C=O) groups excluding carboxylic acids is 1. The van der Waals surface area contributed by atoms with Gasteiger partial charge >= 0.3 is 0 Å². The van der Waals surface area contributed by atoms with Gasteiger partial charge in [-0.3, -0.25) is 4.79 Å². The number of nitrogens with zero attached hydrogens (tertiary/aromatic N) is 3. The molecule has 1 fully saturated rings. The van der Waals surface area contributed by atoms with Gasteiger partial charge in [-0.05, 0) is 6.42 Å². The second-order valence-electron chi connectivity index (χ2n) is 3.22. The summed E-state index contributed by atoms with van der Waals surface area (Å²) in [5.74, 6) is 0.172. The fourth-order valence-corrected chi connectivity index (χ4v) is 1.40. The Balaban J connectivity index is 2.16. The Morgan fingerprint density at radius 1 is 1.50 bits per heavy atom. The lowest BCUT2D eigenvalue weighted by Gasteiger charge is -2.38. The lowest BCUT2D eigenvalue weighted by Crippen LogP contribution is -2.55. The van der Waals surface area contributed by atoms with Crippen molar-refractivity contribution in [2.45, 2.75) is 12.5 Å². The molecule has 14 heavy (non-hydrogen) atoms. The Hall–Kier alpha value is -1.85. The number of hydrogen-bond acceptors (Lipinski definition) is 5. The molecule has 1 saturated heterocycles. The molecule has 0 radical (unpaired) electrons. The summed E-state index contributed by atoms with van der Waals surface area (Å²) in [6.07, 6.45) is 3.79. The second kappa shape index (κ2) is 3.13. The van der Waals surface area contributed by atoms with E-state index in [0.29, 0.717) is 11.6 Å². The van der Waals surface area contributed by atoms with E-state index >= 15 is 0 Å². The lowest BCUT2D eigenvalue weighted by molar-refractivity contribution is -0.120. The molecule has 2 rings (SSSR count). The zero-order valence-electron chi connectivity index (χ0n) is 7.55. The van der Waals surface area contributed by atoms with Crippen LogP contribution in [0.2, 0.25) is 0 Å². The first-order chi connectivity index (χ1) is 6.68. The number of anilines is 2. The molecule has 0 aliphatic carbocycles. The molecule has 4 N–H and O–H groups in total. The second-order valence-corrected chi connectivity index (χ2v) is 3.22. The molecule has 1 aromatic heterocycles. The largest absolute Gasteiger partial charge is 0.396 e. The summed E-state index contributed by atoms with van der Waals surface area (Å²) >= 11 is 0. The van der Waals surface area contributed by atoms with E-state index in [1.807, 2.05) is 0 Å². The maximum absolute atomic E-state index is 10.9. The predicted octanol–water partition coefficient (Wildman–Crippen LogP) is -0.877. The predicted molar refractivity (Wildman–Crippen MR) is 51.4 cm³/mol. The Labute approximate surface area is 80.9 Å². The highest BCUT2D eigenvalue weighted by Crippen LogP contribution is 2.22. The van der Waals surface area contributed by atoms with E-state index < -0.39 is 0 Å². The van der Waals surface area contributed by atoms with Gasteiger partial charge in [-0.1, -0.05) is 0 Å². The molecule has 1 atom stereocenters. The molecule has 1 aromatic rings. The van der Waals surface area contributed by atoms with Gasteiger partial charge in [-0.2, -0.15) is 0 Å². The van der Waals surface area contributed by atoms with E-state index in [2.05, 4.69) is 9.97 Å². The van der Waals surface area contributed by atoms with E-state index in [1.54, 1.807) is 4.90 Å². The highest BCUT2D eigenvalue weighted by molar-refractivity contribution is 5.84. The number of amides is 1. The van der Waals surface area contributed by atoms with E-state index in [1.165, 1.54) is 12.4 Å². The van der Waals surface area contributed by atoms with Crippen molar-refractivity contribution in [3.05, 3.63) is 12.4 Å². The normalized spacial score (nSPS) is 20.3. The van der Waals surface area contributed by atoms with Crippen molar-refractivity contribution in [3.8, 4) is 0 Å². The van der Waals surface area contributed by atoms with Crippen molar-refractivity contribution in [3.63, 3.8) is 0 Å². The van der Waals surface area contributed by atoms with Crippen molar-refractivity contribution < 1.29 is 4.79 Å². The van der Waals surface area contributed by atoms with Gasteiger partial charge in [0.25, 0.3) is 0 Å². The molecular weight excluding hydrogens is 182 g/mol. The highest BCUT2D eigenvalue weighted by Gasteiger charge is 2.34. The Kier molecular flexibility index (Phi) is 1.95. The monoisotopic (exact) mass is 193 g/mol. The molecule has 74 valence electrons. The van der Waals surface area contributed by atoms with Crippen molar-refractivity contribution >= 4 is 17.5 Å². The zero-order valence-corrected chi connectivity index (χ0v) is 7.55. The molecule has 1 unspecified atom stereocenters. The molecule has 6 nitrogen and oxygen atoms in total. The van der Waals surface area contributed by atoms with Gasteiger partial charge in [0.05, 0.1) is 18.1 Å². The van der Waals surface area contributed by atoms with Crippen molar-refractivity contribution in [2.75, 3.05) is 17.2 Å². The molecule has 1 aliphatic rings. The van der Waals surface area contributed by atoms with E-state index in [4.69, 9.17) is 11.5 Å². The van der Waals surface area contributed by atoms with Gasteiger partial charge < -0.3 is 16.4 Å². The molecule has 0 bridgehead atoms. The fourth-order valence-electron chi connectivity index (χ4n) is 1.40.